The number of hydrogen-bond acceptors (Lipinski definition) is 2. The first-order valence-corrected chi connectivity index (χ1v) is 5.96. The zero-order chi connectivity index (χ0) is 13.3. The van der Waals surface area contributed by atoms with E-state index in [0.29, 0.717) is 13.0 Å². The molecule has 4 heteroatoms. The van der Waals surface area contributed by atoms with E-state index in [1.807, 2.05) is 24.3 Å². The van der Waals surface area contributed by atoms with Gasteiger partial charge in [0.25, 0.3) is 0 Å². The molecule has 18 heavy (non-hydrogen) atoms. The molecule has 1 aromatic heterocycles. The van der Waals surface area contributed by atoms with Crippen LogP contribution in [0, 0.1) is 5.41 Å². The summed E-state index contributed by atoms with van der Waals surface area (Å²) in [5.74, 6) is -0.778. The van der Waals surface area contributed by atoms with E-state index in [1.54, 1.807) is 13.8 Å². The van der Waals surface area contributed by atoms with E-state index in [1.165, 1.54) is 0 Å². The lowest BCUT2D eigenvalue weighted by atomic mass is 9.86. The Morgan fingerprint density at radius 2 is 2.11 bits per heavy atom. The topological polar surface area (TPSA) is 79.1 Å². The van der Waals surface area contributed by atoms with Crippen LogP contribution in [0.3, 0.4) is 0 Å². The lowest BCUT2D eigenvalue weighted by molar-refractivity contribution is -0.146. The predicted octanol–water partition coefficient (Wildman–Crippen LogP) is 2.28. The Kier molecular flexibility index (Phi) is 3.13. The van der Waals surface area contributed by atoms with Crippen molar-refractivity contribution in [1.29, 1.82) is 0 Å². The van der Waals surface area contributed by atoms with Crippen LogP contribution in [0.1, 0.15) is 25.1 Å². The SMILES string of the molecule is CC(C)(Cc1ccc2[nH]c(CN)cc2c1)C(=O)O. The third-order valence-electron chi connectivity index (χ3n) is 3.19. The van der Waals surface area contributed by atoms with Crippen LogP contribution >= 0.6 is 0 Å². The highest BCUT2D eigenvalue weighted by atomic mass is 16.4. The number of rotatable bonds is 4. The quantitative estimate of drug-likeness (QED) is 0.774. The second-order valence-corrected chi connectivity index (χ2v) is 5.29. The van der Waals surface area contributed by atoms with Crippen LogP contribution in [-0.2, 0) is 17.8 Å². The third-order valence-corrected chi connectivity index (χ3v) is 3.19. The maximum atomic E-state index is 11.1. The summed E-state index contributed by atoms with van der Waals surface area (Å²) in [5, 5.41) is 10.2. The second kappa shape index (κ2) is 4.46. The third kappa shape index (κ3) is 2.38. The van der Waals surface area contributed by atoms with Crippen molar-refractivity contribution >= 4 is 16.9 Å². The van der Waals surface area contributed by atoms with E-state index in [-0.39, 0.29) is 0 Å². The number of carboxylic acid groups (broad SMARTS) is 1. The van der Waals surface area contributed by atoms with Crippen LogP contribution in [0.5, 0.6) is 0 Å². The van der Waals surface area contributed by atoms with Crippen molar-refractivity contribution in [2.75, 3.05) is 0 Å². The van der Waals surface area contributed by atoms with Gasteiger partial charge in [0.1, 0.15) is 0 Å². The molecule has 0 spiro atoms. The second-order valence-electron chi connectivity index (χ2n) is 5.29. The Hall–Kier alpha value is -1.81. The molecule has 0 saturated heterocycles. The van der Waals surface area contributed by atoms with Crippen molar-refractivity contribution in [1.82, 2.24) is 4.98 Å². The van der Waals surface area contributed by atoms with E-state index < -0.39 is 11.4 Å². The van der Waals surface area contributed by atoms with Crippen LogP contribution in [0.4, 0.5) is 0 Å². The largest absolute Gasteiger partial charge is 0.481 e. The standard InChI is InChI=1S/C14H18N2O2/c1-14(2,13(17)18)7-9-3-4-12-10(5-9)6-11(8-15)16-12/h3-6,16H,7-8,15H2,1-2H3,(H,17,18). The van der Waals surface area contributed by atoms with Gasteiger partial charge in [0.2, 0.25) is 0 Å². The molecule has 1 aromatic carbocycles. The number of benzene rings is 1. The summed E-state index contributed by atoms with van der Waals surface area (Å²) in [6.45, 7) is 3.95. The molecule has 0 fully saturated rings. The number of H-pyrrole nitrogens is 1. The molecule has 4 N–H and O–H groups in total. The lowest BCUT2D eigenvalue weighted by Gasteiger charge is -2.18. The summed E-state index contributed by atoms with van der Waals surface area (Å²) in [6, 6.07) is 7.97. The first kappa shape index (κ1) is 12.6. The maximum absolute atomic E-state index is 11.1. The van der Waals surface area contributed by atoms with Crippen LogP contribution in [0.2, 0.25) is 0 Å². The highest BCUT2D eigenvalue weighted by Crippen LogP contribution is 2.25. The van der Waals surface area contributed by atoms with E-state index >= 15 is 0 Å². The molecule has 1 heterocycles. The van der Waals surface area contributed by atoms with Gasteiger partial charge in [-0.25, -0.2) is 0 Å². The summed E-state index contributed by atoms with van der Waals surface area (Å²) in [5.41, 5.74) is 7.88. The number of carbonyl (C=O) groups is 1. The summed E-state index contributed by atoms with van der Waals surface area (Å²) in [6.07, 6.45) is 0.515. The van der Waals surface area contributed by atoms with Crippen LogP contribution in [-0.4, -0.2) is 16.1 Å². The predicted molar refractivity (Wildman–Crippen MR) is 71.3 cm³/mol. The molecule has 0 aliphatic heterocycles. The van der Waals surface area contributed by atoms with Crippen molar-refractivity contribution < 1.29 is 9.90 Å². The van der Waals surface area contributed by atoms with Crippen LogP contribution in [0.25, 0.3) is 10.9 Å². The highest BCUT2D eigenvalue weighted by molar-refractivity contribution is 5.81. The summed E-state index contributed by atoms with van der Waals surface area (Å²) in [7, 11) is 0. The fourth-order valence-electron chi connectivity index (χ4n) is 2.05. The van der Waals surface area contributed by atoms with E-state index in [0.717, 1.165) is 22.2 Å². The Bertz CT molecular complexity index is 584. The fourth-order valence-corrected chi connectivity index (χ4v) is 2.05. The molecule has 0 aliphatic carbocycles. The summed E-state index contributed by atoms with van der Waals surface area (Å²) >= 11 is 0. The van der Waals surface area contributed by atoms with Crippen molar-refractivity contribution in [3.8, 4) is 0 Å². The van der Waals surface area contributed by atoms with Gasteiger partial charge in [0, 0.05) is 17.8 Å². The number of aromatic amines is 1. The zero-order valence-electron chi connectivity index (χ0n) is 10.7. The van der Waals surface area contributed by atoms with Gasteiger partial charge in [-0.15, -0.1) is 0 Å². The minimum Gasteiger partial charge on any atom is -0.481 e. The molecule has 96 valence electrons. The zero-order valence-corrected chi connectivity index (χ0v) is 10.7. The van der Waals surface area contributed by atoms with Crippen LogP contribution < -0.4 is 5.73 Å². The summed E-state index contributed by atoms with van der Waals surface area (Å²) in [4.78, 5) is 14.3. The molecule has 0 saturated carbocycles. The molecular weight excluding hydrogens is 228 g/mol. The van der Waals surface area contributed by atoms with E-state index in [2.05, 4.69) is 4.98 Å². The molecule has 0 radical (unpaired) electrons. The number of aliphatic carboxylic acids is 1. The average Bonchev–Trinajstić information content (AvgIpc) is 2.70. The fraction of sp³-hybridized carbons (Fsp3) is 0.357. The number of nitrogens with two attached hydrogens (primary N) is 1. The Morgan fingerprint density at radius 1 is 1.39 bits per heavy atom. The van der Waals surface area contributed by atoms with E-state index in [9.17, 15) is 4.79 Å². The number of hydrogen-bond donors (Lipinski definition) is 3. The highest BCUT2D eigenvalue weighted by Gasteiger charge is 2.27. The normalized spacial score (nSPS) is 11.9. The number of fused-ring (bicyclic) bond motifs is 1. The molecule has 2 rings (SSSR count). The first-order valence-electron chi connectivity index (χ1n) is 5.96. The van der Waals surface area contributed by atoms with Crippen molar-refractivity contribution in [3.05, 3.63) is 35.5 Å². The molecule has 0 bridgehead atoms. The van der Waals surface area contributed by atoms with Gasteiger partial charge in [0.15, 0.2) is 0 Å². The van der Waals surface area contributed by atoms with Gasteiger partial charge in [-0.3, -0.25) is 4.79 Å². The molecule has 4 nitrogen and oxygen atoms in total. The van der Waals surface area contributed by atoms with Gasteiger partial charge in [-0.05, 0) is 49.4 Å². The Labute approximate surface area is 106 Å². The molecule has 0 unspecified atom stereocenters. The minimum atomic E-state index is -0.778. The molecule has 0 atom stereocenters. The maximum Gasteiger partial charge on any atom is 0.309 e. The van der Waals surface area contributed by atoms with Gasteiger partial charge in [-0.1, -0.05) is 6.07 Å². The van der Waals surface area contributed by atoms with Crippen molar-refractivity contribution in [3.63, 3.8) is 0 Å². The minimum absolute atomic E-state index is 0.477. The monoisotopic (exact) mass is 246 g/mol. The average molecular weight is 246 g/mol. The van der Waals surface area contributed by atoms with Gasteiger partial charge in [0.05, 0.1) is 5.41 Å². The van der Waals surface area contributed by atoms with Crippen LogP contribution in [0.15, 0.2) is 24.3 Å². The number of carboxylic acids is 1. The number of aromatic nitrogens is 1. The smallest absolute Gasteiger partial charge is 0.309 e. The van der Waals surface area contributed by atoms with Crippen molar-refractivity contribution in [2.45, 2.75) is 26.8 Å². The van der Waals surface area contributed by atoms with Gasteiger partial charge < -0.3 is 15.8 Å². The number of nitrogens with one attached hydrogen (secondary N) is 1. The lowest BCUT2D eigenvalue weighted by Crippen LogP contribution is -2.26. The van der Waals surface area contributed by atoms with Gasteiger partial charge >= 0.3 is 5.97 Å². The molecule has 2 aromatic rings. The first-order chi connectivity index (χ1) is 8.42. The Morgan fingerprint density at radius 3 is 2.72 bits per heavy atom. The van der Waals surface area contributed by atoms with Crippen molar-refractivity contribution in [2.24, 2.45) is 11.1 Å². The van der Waals surface area contributed by atoms with Gasteiger partial charge in [-0.2, -0.15) is 0 Å². The molecule has 0 amide bonds. The molecular formula is C14H18N2O2. The van der Waals surface area contributed by atoms with E-state index in [4.69, 9.17) is 10.8 Å². The Balaban J connectivity index is 2.32. The summed E-state index contributed by atoms with van der Waals surface area (Å²) < 4.78 is 0. The molecule has 0 aliphatic rings.